The molecule has 0 bridgehead atoms. The second-order valence-corrected chi connectivity index (χ2v) is 13.6. The summed E-state index contributed by atoms with van der Waals surface area (Å²) in [4.78, 5) is 12.3. The Hall–Kier alpha value is -1.16. The Labute approximate surface area is 227 Å². The second kappa shape index (κ2) is 17.4. The molecule has 0 atom stereocenters. The number of phenols is 1. The molecule has 1 aromatic carbocycles. The van der Waals surface area contributed by atoms with Gasteiger partial charge in [-0.25, -0.2) is 0 Å². The molecular weight excluding hydrogens is 464 g/mol. The number of aryl methyl sites for hydroxylation is 1. The van der Waals surface area contributed by atoms with Gasteiger partial charge in [0.2, 0.25) is 0 Å². The molecular formula is C32H56O3S. The molecule has 1 aromatic rings. The lowest BCUT2D eigenvalue weighted by Crippen LogP contribution is -2.18. The molecule has 0 heterocycles. The molecule has 0 aliphatic carbocycles. The summed E-state index contributed by atoms with van der Waals surface area (Å²) >= 11 is 1.99. The van der Waals surface area contributed by atoms with Gasteiger partial charge in [-0.15, -0.1) is 0 Å². The maximum Gasteiger partial charge on any atom is 0.306 e. The third kappa shape index (κ3) is 14.0. The minimum absolute atomic E-state index is 0.127. The number of esters is 1. The molecule has 3 nitrogen and oxygen atoms in total. The first kappa shape index (κ1) is 32.9. The second-order valence-electron chi connectivity index (χ2n) is 12.4. The maximum atomic E-state index is 12.3. The van der Waals surface area contributed by atoms with Crippen LogP contribution >= 0.6 is 11.8 Å². The maximum absolute atomic E-state index is 12.3. The fourth-order valence-corrected chi connectivity index (χ4v) is 5.38. The standard InChI is InChI=1S/C32H56O3S/c1-8-9-10-11-12-13-14-15-16-17-22-36-23-18-21-35-29(33)20-19-26-24-27(31(2,3)4)30(34)28(25-26)32(5,6)7/h24-25,34H,8-23H2,1-7H3. The Balaban J connectivity index is 2.20. The quantitative estimate of drug-likeness (QED) is 0.155. The predicted octanol–water partition coefficient (Wildman–Crippen LogP) is 9.51. The number of ether oxygens (including phenoxy) is 1. The molecule has 0 saturated heterocycles. The van der Waals surface area contributed by atoms with Crippen LogP contribution < -0.4 is 0 Å². The van der Waals surface area contributed by atoms with E-state index in [1.165, 1.54) is 70.0 Å². The van der Waals surface area contributed by atoms with Crippen LogP contribution in [0.3, 0.4) is 0 Å². The summed E-state index contributed by atoms with van der Waals surface area (Å²) in [5.74, 6) is 2.54. The van der Waals surface area contributed by atoms with Gasteiger partial charge in [-0.1, -0.05) is 118 Å². The molecule has 0 radical (unpaired) electrons. The lowest BCUT2D eigenvalue weighted by molar-refractivity contribution is -0.143. The van der Waals surface area contributed by atoms with Crippen LogP contribution in [0.25, 0.3) is 0 Å². The van der Waals surface area contributed by atoms with E-state index in [4.69, 9.17) is 4.74 Å². The summed E-state index contributed by atoms with van der Waals surface area (Å²) in [6, 6.07) is 4.12. The van der Waals surface area contributed by atoms with Gasteiger partial charge >= 0.3 is 5.97 Å². The highest BCUT2D eigenvalue weighted by Gasteiger charge is 2.26. The van der Waals surface area contributed by atoms with Crippen LogP contribution in [-0.2, 0) is 26.8 Å². The third-order valence-electron chi connectivity index (χ3n) is 6.74. The lowest BCUT2D eigenvalue weighted by Gasteiger charge is -2.28. The monoisotopic (exact) mass is 520 g/mol. The zero-order valence-corrected chi connectivity index (χ0v) is 25.5. The average molecular weight is 521 g/mol. The summed E-state index contributed by atoms with van der Waals surface area (Å²) in [5.41, 5.74) is 2.65. The fraction of sp³-hybridized carbons (Fsp3) is 0.781. The van der Waals surface area contributed by atoms with E-state index >= 15 is 0 Å². The Bertz CT molecular complexity index is 708. The van der Waals surface area contributed by atoms with Crippen molar-refractivity contribution in [2.75, 3.05) is 18.1 Å². The van der Waals surface area contributed by atoms with Crippen LogP contribution in [0.5, 0.6) is 5.75 Å². The highest BCUT2D eigenvalue weighted by atomic mass is 32.2. The van der Waals surface area contributed by atoms with Crippen molar-refractivity contribution < 1.29 is 14.6 Å². The summed E-state index contributed by atoms with van der Waals surface area (Å²) in [5, 5.41) is 10.9. The van der Waals surface area contributed by atoms with Crippen LogP contribution in [0, 0.1) is 0 Å². The number of unbranched alkanes of at least 4 members (excludes halogenated alkanes) is 9. The molecule has 0 amide bonds. The Morgan fingerprint density at radius 1 is 0.778 bits per heavy atom. The van der Waals surface area contributed by atoms with Crippen molar-refractivity contribution >= 4 is 17.7 Å². The van der Waals surface area contributed by atoms with Crippen molar-refractivity contribution in [3.05, 3.63) is 28.8 Å². The van der Waals surface area contributed by atoms with Gasteiger partial charge in [0.1, 0.15) is 5.75 Å². The minimum atomic E-state index is -0.161. The number of benzene rings is 1. The van der Waals surface area contributed by atoms with Crippen molar-refractivity contribution in [1.82, 2.24) is 0 Å². The minimum Gasteiger partial charge on any atom is -0.507 e. The van der Waals surface area contributed by atoms with E-state index in [0.717, 1.165) is 28.9 Å². The third-order valence-corrected chi connectivity index (χ3v) is 7.90. The van der Waals surface area contributed by atoms with E-state index in [1.807, 2.05) is 11.8 Å². The number of aromatic hydroxyl groups is 1. The molecule has 0 aliphatic rings. The van der Waals surface area contributed by atoms with Crippen molar-refractivity contribution in [2.24, 2.45) is 0 Å². The first-order valence-corrected chi connectivity index (χ1v) is 15.7. The zero-order valence-electron chi connectivity index (χ0n) is 24.6. The van der Waals surface area contributed by atoms with E-state index in [0.29, 0.717) is 25.2 Å². The van der Waals surface area contributed by atoms with Crippen LogP contribution in [0.2, 0.25) is 0 Å². The summed E-state index contributed by atoms with van der Waals surface area (Å²) in [7, 11) is 0. The normalized spacial score (nSPS) is 12.2. The Morgan fingerprint density at radius 2 is 1.25 bits per heavy atom. The lowest BCUT2D eigenvalue weighted by atomic mass is 9.78. The highest BCUT2D eigenvalue weighted by molar-refractivity contribution is 7.99. The molecule has 208 valence electrons. The number of rotatable bonds is 18. The smallest absolute Gasteiger partial charge is 0.306 e. The summed E-state index contributed by atoms with van der Waals surface area (Å²) in [6.45, 7) is 15.5. The number of carbonyl (C=O) groups is 1. The molecule has 0 aliphatic heterocycles. The van der Waals surface area contributed by atoms with Crippen molar-refractivity contribution in [3.63, 3.8) is 0 Å². The topological polar surface area (TPSA) is 46.5 Å². The number of hydrogen-bond acceptors (Lipinski definition) is 4. The van der Waals surface area contributed by atoms with Gasteiger partial charge in [-0.3, -0.25) is 4.79 Å². The van der Waals surface area contributed by atoms with Gasteiger partial charge < -0.3 is 9.84 Å². The molecule has 0 fully saturated rings. The first-order valence-electron chi connectivity index (χ1n) is 14.6. The summed E-state index contributed by atoms with van der Waals surface area (Å²) in [6.07, 6.45) is 15.8. The molecule has 0 aromatic heterocycles. The zero-order chi connectivity index (χ0) is 27.0. The van der Waals surface area contributed by atoms with Crippen LogP contribution in [0.1, 0.15) is 142 Å². The highest BCUT2D eigenvalue weighted by Crippen LogP contribution is 2.40. The van der Waals surface area contributed by atoms with Gasteiger partial charge in [0.05, 0.1) is 6.61 Å². The van der Waals surface area contributed by atoms with Crippen molar-refractivity contribution in [1.29, 1.82) is 0 Å². The molecule has 0 spiro atoms. The van der Waals surface area contributed by atoms with Gasteiger partial charge in [-0.05, 0) is 58.3 Å². The van der Waals surface area contributed by atoms with Crippen LogP contribution in [-0.4, -0.2) is 29.2 Å². The van der Waals surface area contributed by atoms with Gasteiger partial charge in [0.25, 0.3) is 0 Å². The molecule has 0 unspecified atom stereocenters. The van der Waals surface area contributed by atoms with Crippen molar-refractivity contribution in [3.8, 4) is 5.75 Å². The largest absolute Gasteiger partial charge is 0.507 e. The Kier molecular flexibility index (Phi) is 15.9. The van der Waals surface area contributed by atoms with E-state index in [9.17, 15) is 9.90 Å². The number of phenolic OH excluding ortho intramolecular Hbond substituents is 1. The predicted molar refractivity (Wildman–Crippen MR) is 159 cm³/mol. The fourth-order valence-electron chi connectivity index (χ4n) is 4.44. The van der Waals surface area contributed by atoms with Crippen LogP contribution in [0.15, 0.2) is 12.1 Å². The number of carbonyl (C=O) groups excluding carboxylic acids is 1. The van der Waals surface area contributed by atoms with Gasteiger partial charge in [0.15, 0.2) is 0 Å². The first-order chi connectivity index (χ1) is 17.0. The van der Waals surface area contributed by atoms with E-state index in [1.54, 1.807) is 0 Å². The molecule has 4 heteroatoms. The summed E-state index contributed by atoms with van der Waals surface area (Å²) < 4.78 is 5.49. The average Bonchev–Trinajstić information content (AvgIpc) is 2.79. The van der Waals surface area contributed by atoms with Gasteiger partial charge in [-0.2, -0.15) is 11.8 Å². The van der Waals surface area contributed by atoms with E-state index < -0.39 is 0 Å². The SMILES string of the molecule is CCCCCCCCCCCCSCCCOC(=O)CCc1cc(C(C)(C)C)c(O)c(C(C)(C)C)c1. The van der Waals surface area contributed by atoms with Crippen LogP contribution in [0.4, 0.5) is 0 Å². The van der Waals surface area contributed by atoms with E-state index in [-0.39, 0.29) is 16.8 Å². The molecule has 36 heavy (non-hydrogen) atoms. The Morgan fingerprint density at radius 3 is 1.75 bits per heavy atom. The van der Waals surface area contributed by atoms with Crippen molar-refractivity contribution in [2.45, 2.75) is 143 Å². The number of hydrogen-bond donors (Lipinski definition) is 1. The molecule has 1 rings (SSSR count). The number of thioether (sulfide) groups is 1. The molecule has 1 N–H and O–H groups in total. The van der Waals surface area contributed by atoms with Gasteiger partial charge in [0, 0.05) is 6.42 Å². The molecule has 0 saturated carbocycles. The van der Waals surface area contributed by atoms with E-state index in [2.05, 4.69) is 60.6 Å².